The summed E-state index contributed by atoms with van der Waals surface area (Å²) in [5.41, 5.74) is 1.68. The van der Waals surface area contributed by atoms with E-state index in [1.807, 2.05) is 44.2 Å². The maximum absolute atomic E-state index is 13.7. The molecule has 3 aromatic carbocycles. The third kappa shape index (κ3) is 9.23. The first-order valence-corrected chi connectivity index (χ1v) is 13.9. The van der Waals surface area contributed by atoms with E-state index in [4.69, 9.17) is 39.5 Å². The average molecular weight is 576 g/mol. The van der Waals surface area contributed by atoms with E-state index in [2.05, 4.69) is 5.32 Å². The number of benzene rings is 3. The molecule has 0 heterocycles. The van der Waals surface area contributed by atoms with Gasteiger partial charge in [0.15, 0.2) is 0 Å². The van der Waals surface area contributed by atoms with Gasteiger partial charge in [-0.15, -0.1) is 0 Å². The van der Waals surface area contributed by atoms with Crippen molar-refractivity contribution in [2.45, 2.75) is 58.2 Å². The van der Waals surface area contributed by atoms with Crippen molar-refractivity contribution in [3.63, 3.8) is 0 Å². The first-order valence-electron chi connectivity index (χ1n) is 12.7. The molecule has 0 aliphatic rings. The van der Waals surface area contributed by atoms with E-state index in [0.717, 1.165) is 17.5 Å². The summed E-state index contributed by atoms with van der Waals surface area (Å²) >= 11 is 18.5. The molecule has 38 heavy (non-hydrogen) atoms. The fourth-order valence-electron chi connectivity index (χ4n) is 3.92. The van der Waals surface area contributed by atoms with Crippen molar-refractivity contribution >= 4 is 46.6 Å². The number of carbonyl (C=O) groups excluding carboxylic acids is 2. The Bertz CT molecular complexity index is 1190. The molecular formula is C30H33Cl3N2O3. The first-order chi connectivity index (χ1) is 18.3. The van der Waals surface area contributed by atoms with E-state index < -0.39 is 6.04 Å². The topological polar surface area (TPSA) is 58.6 Å². The van der Waals surface area contributed by atoms with Gasteiger partial charge in [-0.05, 0) is 67.3 Å². The fourth-order valence-corrected chi connectivity index (χ4v) is 4.51. The molecule has 0 saturated carbocycles. The number of hydrogen-bond donors (Lipinski definition) is 1. The third-order valence-electron chi connectivity index (χ3n) is 6.25. The molecule has 3 aromatic rings. The Morgan fingerprint density at radius 1 is 0.947 bits per heavy atom. The van der Waals surface area contributed by atoms with Gasteiger partial charge in [-0.1, -0.05) is 78.1 Å². The number of nitrogens with one attached hydrogen (secondary N) is 1. The van der Waals surface area contributed by atoms with Crippen molar-refractivity contribution in [3.8, 4) is 5.75 Å². The maximum atomic E-state index is 13.7. The Morgan fingerprint density at radius 3 is 2.29 bits per heavy atom. The number of nitrogens with zero attached hydrogens (tertiary/aromatic N) is 1. The molecule has 2 atom stereocenters. The summed E-state index contributed by atoms with van der Waals surface area (Å²) in [6, 6.07) is 21.2. The monoisotopic (exact) mass is 574 g/mol. The number of hydrogen-bond acceptors (Lipinski definition) is 3. The van der Waals surface area contributed by atoms with Gasteiger partial charge < -0.3 is 15.0 Å². The van der Waals surface area contributed by atoms with Crippen molar-refractivity contribution in [2.75, 3.05) is 6.61 Å². The minimum Gasteiger partial charge on any atom is -0.494 e. The van der Waals surface area contributed by atoms with Crippen LogP contribution in [0.3, 0.4) is 0 Å². The van der Waals surface area contributed by atoms with Crippen LogP contribution < -0.4 is 10.1 Å². The zero-order chi connectivity index (χ0) is 27.5. The van der Waals surface area contributed by atoms with Crippen molar-refractivity contribution in [1.29, 1.82) is 0 Å². The molecular weight excluding hydrogens is 543 g/mol. The van der Waals surface area contributed by atoms with Crippen LogP contribution in [-0.2, 0) is 22.6 Å². The zero-order valence-corrected chi connectivity index (χ0v) is 23.9. The van der Waals surface area contributed by atoms with Crippen molar-refractivity contribution in [2.24, 2.45) is 0 Å². The van der Waals surface area contributed by atoms with Crippen LogP contribution in [0.1, 0.15) is 44.2 Å². The van der Waals surface area contributed by atoms with E-state index in [1.165, 1.54) is 0 Å². The van der Waals surface area contributed by atoms with Crippen molar-refractivity contribution < 1.29 is 14.3 Å². The molecule has 0 radical (unpaired) electrons. The molecule has 0 spiro atoms. The predicted octanol–water partition coefficient (Wildman–Crippen LogP) is 7.36. The molecule has 0 aromatic heterocycles. The lowest BCUT2D eigenvalue weighted by atomic mass is 10.0. The third-order valence-corrected chi connectivity index (χ3v) is 7.08. The maximum Gasteiger partial charge on any atom is 0.243 e. The largest absolute Gasteiger partial charge is 0.494 e. The summed E-state index contributed by atoms with van der Waals surface area (Å²) < 4.78 is 5.77. The van der Waals surface area contributed by atoms with Crippen LogP contribution in [0, 0.1) is 0 Å². The molecule has 0 aliphatic heterocycles. The molecule has 2 amide bonds. The van der Waals surface area contributed by atoms with Crippen LogP contribution in [-0.4, -0.2) is 35.4 Å². The molecule has 202 valence electrons. The van der Waals surface area contributed by atoms with Gasteiger partial charge in [0.25, 0.3) is 0 Å². The minimum absolute atomic E-state index is 0.0235. The summed E-state index contributed by atoms with van der Waals surface area (Å²) in [7, 11) is 0. The van der Waals surface area contributed by atoms with Gasteiger partial charge in [-0.3, -0.25) is 9.59 Å². The van der Waals surface area contributed by atoms with Gasteiger partial charge in [0.05, 0.1) is 6.61 Å². The second-order valence-corrected chi connectivity index (χ2v) is 10.5. The van der Waals surface area contributed by atoms with Gasteiger partial charge in [0.2, 0.25) is 11.8 Å². The summed E-state index contributed by atoms with van der Waals surface area (Å²) in [4.78, 5) is 28.8. The van der Waals surface area contributed by atoms with Crippen LogP contribution in [0.15, 0.2) is 72.8 Å². The smallest absolute Gasteiger partial charge is 0.243 e. The highest BCUT2D eigenvalue weighted by atomic mass is 35.5. The van der Waals surface area contributed by atoms with E-state index in [-0.39, 0.29) is 30.8 Å². The van der Waals surface area contributed by atoms with E-state index in [9.17, 15) is 9.59 Å². The average Bonchev–Trinajstić information content (AvgIpc) is 2.91. The zero-order valence-electron chi connectivity index (χ0n) is 21.6. The molecule has 5 nitrogen and oxygen atoms in total. The SMILES string of the molecule is CC[C@@H](C)NC(=O)[C@@H](Cc1ccccc1)N(Cc1ccc(Cl)cc1Cl)C(=O)CCCOc1ccc(Cl)cc1. The minimum atomic E-state index is -0.720. The standard InChI is InChI=1S/C30H33Cl3N2O3/c1-3-21(2)34-30(37)28(18-22-8-5-4-6-9-22)35(20-23-11-12-25(32)19-27(23)33)29(36)10-7-17-38-26-15-13-24(31)14-16-26/h4-6,8-9,11-16,19,21,28H,3,7,10,17-18,20H2,1-2H3,(H,34,37)/t21-,28-/m1/s1. The highest BCUT2D eigenvalue weighted by Gasteiger charge is 2.31. The Labute approximate surface area is 240 Å². The van der Waals surface area contributed by atoms with Gasteiger partial charge in [-0.2, -0.15) is 0 Å². The molecule has 8 heteroatoms. The van der Waals surface area contributed by atoms with Crippen molar-refractivity contribution in [1.82, 2.24) is 10.2 Å². The number of ether oxygens (including phenoxy) is 1. The number of amides is 2. The lowest BCUT2D eigenvalue weighted by Gasteiger charge is -2.32. The molecule has 0 bridgehead atoms. The molecule has 0 unspecified atom stereocenters. The van der Waals surface area contributed by atoms with Gasteiger partial charge in [-0.25, -0.2) is 0 Å². The number of carbonyl (C=O) groups is 2. The molecule has 0 saturated heterocycles. The summed E-state index contributed by atoms with van der Waals surface area (Å²) in [6.45, 7) is 4.49. The highest BCUT2D eigenvalue weighted by molar-refractivity contribution is 6.35. The van der Waals surface area contributed by atoms with Gasteiger partial charge in [0.1, 0.15) is 11.8 Å². The second-order valence-electron chi connectivity index (χ2n) is 9.19. The summed E-state index contributed by atoms with van der Waals surface area (Å²) in [5.74, 6) is 0.330. The van der Waals surface area contributed by atoms with Crippen LogP contribution in [0.25, 0.3) is 0 Å². The highest BCUT2D eigenvalue weighted by Crippen LogP contribution is 2.25. The predicted molar refractivity (Wildman–Crippen MR) is 155 cm³/mol. The number of halogens is 3. The fraction of sp³-hybridized carbons (Fsp3) is 0.333. The Hall–Kier alpha value is -2.73. The second kappa shape index (κ2) is 15.0. The normalized spacial score (nSPS) is 12.4. The summed E-state index contributed by atoms with van der Waals surface area (Å²) in [6.07, 6.45) is 1.85. The lowest BCUT2D eigenvalue weighted by Crippen LogP contribution is -2.52. The van der Waals surface area contributed by atoms with E-state index in [1.54, 1.807) is 47.4 Å². The summed E-state index contributed by atoms with van der Waals surface area (Å²) in [5, 5.41) is 4.65. The molecule has 3 rings (SSSR count). The van der Waals surface area contributed by atoms with Crippen LogP contribution in [0.2, 0.25) is 15.1 Å². The quantitative estimate of drug-likeness (QED) is 0.217. The number of rotatable bonds is 13. The molecule has 0 aliphatic carbocycles. The van der Waals surface area contributed by atoms with E-state index in [0.29, 0.717) is 40.3 Å². The van der Waals surface area contributed by atoms with Crippen LogP contribution in [0.4, 0.5) is 0 Å². The molecule has 0 fully saturated rings. The lowest BCUT2D eigenvalue weighted by molar-refractivity contribution is -0.141. The molecule has 1 N–H and O–H groups in total. The Morgan fingerprint density at radius 2 is 1.63 bits per heavy atom. The Balaban J connectivity index is 1.82. The van der Waals surface area contributed by atoms with Gasteiger partial charge >= 0.3 is 0 Å². The van der Waals surface area contributed by atoms with Crippen LogP contribution in [0.5, 0.6) is 5.75 Å². The first kappa shape index (κ1) is 29.8. The van der Waals surface area contributed by atoms with Gasteiger partial charge in [0, 0.05) is 40.5 Å². The Kier molecular flexibility index (Phi) is 11.8. The van der Waals surface area contributed by atoms with Crippen LogP contribution >= 0.6 is 34.8 Å². The van der Waals surface area contributed by atoms with Crippen molar-refractivity contribution in [3.05, 3.63) is 99.0 Å². The van der Waals surface area contributed by atoms with E-state index >= 15 is 0 Å².